The van der Waals surface area contributed by atoms with E-state index in [0.717, 1.165) is 23.9 Å². The van der Waals surface area contributed by atoms with Crippen LogP contribution in [0, 0.1) is 5.82 Å². The first-order chi connectivity index (χ1) is 9.79. The van der Waals surface area contributed by atoms with E-state index in [2.05, 4.69) is 0 Å². The van der Waals surface area contributed by atoms with Gasteiger partial charge in [-0.25, -0.2) is 22.7 Å². The quantitative estimate of drug-likeness (QED) is 0.898. The minimum atomic E-state index is -3.90. The maximum Gasteiger partial charge on any atom is 0.338 e. The van der Waals surface area contributed by atoms with Gasteiger partial charge in [-0.3, -0.25) is 0 Å². The Labute approximate surface area is 124 Å². The molecule has 0 amide bonds. The fourth-order valence-electron chi connectivity index (χ4n) is 1.63. The van der Waals surface area contributed by atoms with Crippen molar-refractivity contribution in [3.8, 4) is 0 Å². The molecule has 0 aliphatic carbocycles. The molecule has 0 fully saturated rings. The summed E-state index contributed by atoms with van der Waals surface area (Å²) in [5, 5.41) is 14.0. The van der Waals surface area contributed by atoms with E-state index in [1.807, 2.05) is 0 Å². The number of aromatic carboxylic acids is 1. The Hall–Kier alpha value is -1.90. The molecule has 0 heterocycles. The lowest BCUT2D eigenvalue weighted by molar-refractivity contribution is 0.0691. The van der Waals surface area contributed by atoms with Crippen molar-refractivity contribution in [2.75, 3.05) is 0 Å². The van der Waals surface area contributed by atoms with Gasteiger partial charge >= 0.3 is 5.97 Å². The van der Waals surface area contributed by atoms with Crippen molar-refractivity contribution in [1.82, 2.24) is 0 Å². The molecule has 0 atom stereocenters. The molecule has 2 aromatic carbocycles. The summed E-state index contributed by atoms with van der Waals surface area (Å²) in [5.41, 5.74) is -0.479. The van der Waals surface area contributed by atoms with Crippen LogP contribution >= 0.6 is 11.8 Å². The number of carboxylic acids is 1. The number of rotatable bonds is 4. The molecule has 0 aliphatic heterocycles. The first-order valence-electron chi connectivity index (χ1n) is 5.61. The van der Waals surface area contributed by atoms with E-state index < -0.39 is 27.4 Å². The van der Waals surface area contributed by atoms with Crippen molar-refractivity contribution in [3.63, 3.8) is 0 Å². The summed E-state index contributed by atoms with van der Waals surface area (Å²) >= 11 is 0.992. The smallest absolute Gasteiger partial charge is 0.338 e. The Morgan fingerprint density at radius 2 is 1.86 bits per heavy atom. The van der Waals surface area contributed by atoms with Crippen molar-refractivity contribution < 1.29 is 22.7 Å². The molecule has 0 radical (unpaired) electrons. The van der Waals surface area contributed by atoms with Crippen LogP contribution in [0.2, 0.25) is 0 Å². The van der Waals surface area contributed by atoms with Crippen LogP contribution in [-0.2, 0) is 10.0 Å². The van der Waals surface area contributed by atoms with Gasteiger partial charge in [-0.1, -0.05) is 23.9 Å². The third-order valence-electron chi connectivity index (χ3n) is 2.55. The lowest BCUT2D eigenvalue weighted by atomic mass is 10.2. The number of sulfonamides is 1. The summed E-state index contributed by atoms with van der Waals surface area (Å²) in [6.45, 7) is 0. The fraction of sp³-hybridized carbons (Fsp3) is 0. The average molecular weight is 327 g/mol. The number of halogens is 1. The molecule has 110 valence electrons. The molecule has 2 aromatic rings. The third-order valence-corrected chi connectivity index (χ3v) is 4.72. The Morgan fingerprint density at radius 1 is 1.19 bits per heavy atom. The second-order valence-electron chi connectivity index (χ2n) is 4.04. The summed E-state index contributed by atoms with van der Waals surface area (Å²) in [6, 6.07) is 9.56. The van der Waals surface area contributed by atoms with Crippen LogP contribution in [0.3, 0.4) is 0 Å². The zero-order chi connectivity index (χ0) is 15.6. The van der Waals surface area contributed by atoms with E-state index >= 15 is 0 Å². The van der Waals surface area contributed by atoms with Gasteiger partial charge < -0.3 is 5.11 Å². The highest BCUT2D eigenvalue weighted by Gasteiger charge is 2.16. The predicted octanol–water partition coefficient (Wildman–Crippen LogP) is 2.32. The van der Waals surface area contributed by atoms with Crippen molar-refractivity contribution >= 4 is 27.8 Å². The lowest BCUT2D eigenvalue weighted by Gasteiger charge is -2.08. The Morgan fingerprint density at radius 3 is 2.48 bits per heavy atom. The number of benzene rings is 2. The number of carbonyl (C=O) groups is 1. The SMILES string of the molecule is NS(=O)(=O)c1ccccc1Sc1ccc(F)c(C(=O)O)c1. The lowest BCUT2D eigenvalue weighted by Crippen LogP contribution is -2.13. The molecule has 3 N–H and O–H groups in total. The maximum absolute atomic E-state index is 13.3. The normalized spacial score (nSPS) is 11.3. The molecular weight excluding hydrogens is 317 g/mol. The van der Waals surface area contributed by atoms with E-state index in [4.69, 9.17) is 10.2 Å². The van der Waals surface area contributed by atoms with Gasteiger partial charge in [0, 0.05) is 9.79 Å². The zero-order valence-electron chi connectivity index (χ0n) is 10.5. The second-order valence-corrected chi connectivity index (χ2v) is 6.69. The number of primary sulfonamides is 1. The average Bonchev–Trinajstić information content (AvgIpc) is 2.40. The van der Waals surface area contributed by atoms with Crippen LogP contribution in [0.25, 0.3) is 0 Å². The largest absolute Gasteiger partial charge is 0.478 e. The van der Waals surface area contributed by atoms with Crippen molar-refractivity contribution in [3.05, 3.63) is 53.8 Å². The molecule has 2 rings (SSSR count). The monoisotopic (exact) mass is 327 g/mol. The first kappa shape index (κ1) is 15.5. The van der Waals surface area contributed by atoms with Gasteiger partial charge in [0.15, 0.2) is 0 Å². The molecule has 0 aromatic heterocycles. The Balaban J connectivity index is 2.45. The number of hydrogen-bond donors (Lipinski definition) is 2. The molecule has 0 saturated heterocycles. The van der Waals surface area contributed by atoms with Crippen LogP contribution in [0.5, 0.6) is 0 Å². The van der Waals surface area contributed by atoms with E-state index in [1.165, 1.54) is 24.3 Å². The van der Waals surface area contributed by atoms with Gasteiger partial charge in [0.1, 0.15) is 5.82 Å². The van der Waals surface area contributed by atoms with Gasteiger partial charge in [0.05, 0.1) is 10.5 Å². The molecule has 21 heavy (non-hydrogen) atoms. The van der Waals surface area contributed by atoms with E-state index in [9.17, 15) is 17.6 Å². The molecule has 0 aliphatic rings. The topological polar surface area (TPSA) is 97.5 Å². The molecule has 0 saturated carbocycles. The maximum atomic E-state index is 13.3. The van der Waals surface area contributed by atoms with Crippen LogP contribution in [-0.4, -0.2) is 19.5 Å². The summed E-state index contributed by atoms with van der Waals surface area (Å²) in [7, 11) is -3.90. The van der Waals surface area contributed by atoms with E-state index in [1.54, 1.807) is 6.07 Å². The second kappa shape index (κ2) is 5.84. The zero-order valence-corrected chi connectivity index (χ0v) is 12.1. The van der Waals surface area contributed by atoms with Gasteiger partial charge in [-0.2, -0.15) is 0 Å². The molecular formula is C13H10FNO4S2. The standard InChI is InChI=1S/C13H10FNO4S2/c14-10-6-5-8(7-9(10)13(16)17)20-11-3-1-2-4-12(11)21(15,18)19/h1-7H,(H,16,17)(H2,15,18,19). The van der Waals surface area contributed by atoms with Crippen molar-refractivity contribution in [2.45, 2.75) is 14.7 Å². The number of nitrogens with two attached hydrogens (primary N) is 1. The van der Waals surface area contributed by atoms with Crippen LogP contribution in [0.4, 0.5) is 4.39 Å². The minimum Gasteiger partial charge on any atom is -0.478 e. The molecule has 0 unspecified atom stereocenters. The van der Waals surface area contributed by atoms with Gasteiger partial charge in [0.2, 0.25) is 10.0 Å². The highest BCUT2D eigenvalue weighted by molar-refractivity contribution is 8.00. The molecule has 0 bridgehead atoms. The number of carboxylic acid groups (broad SMARTS) is 1. The van der Waals surface area contributed by atoms with Crippen LogP contribution < -0.4 is 5.14 Å². The number of hydrogen-bond acceptors (Lipinski definition) is 4. The van der Waals surface area contributed by atoms with Crippen molar-refractivity contribution in [1.29, 1.82) is 0 Å². The predicted molar refractivity (Wildman–Crippen MR) is 75.3 cm³/mol. The van der Waals surface area contributed by atoms with Crippen LogP contribution in [0.1, 0.15) is 10.4 Å². The van der Waals surface area contributed by atoms with Gasteiger partial charge in [0.25, 0.3) is 0 Å². The molecule has 0 spiro atoms. The molecule has 5 nitrogen and oxygen atoms in total. The van der Waals surface area contributed by atoms with Gasteiger partial charge in [-0.15, -0.1) is 0 Å². The fourth-order valence-corrected chi connectivity index (χ4v) is 3.60. The highest BCUT2D eigenvalue weighted by atomic mass is 32.2. The summed E-state index contributed by atoms with van der Waals surface area (Å²) in [5.74, 6) is -2.25. The Bertz CT molecular complexity index is 806. The minimum absolute atomic E-state index is 0.0730. The first-order valence-corrected chi connectivity index (χ1v) is 7.98. The van der Waals surface area contributed by atoms with Crippen LogP contribution in [0.15, 0.2) is 57.2 Å². The van der Waals surface area contributed by atoms with E-state index in [-0.39, 0.29) is 4.90 Å². The van der Waals surface area contributed by atoms with E-state index in [0.29, 0.717) is 9.79 Å². The summed E-state index contributed by atoms with van der Waals surface area (Å²) < 4.78 is 36.3. The van der Waals surface area contributed by atoms with Gasteiger partial charge in [-0.05, 0) is 30.3 Å². The highest BCUT2D eigenvalue weighted by Crippen LogP contribution is 2.33. The van der Waals surface area contributed by atoms with Crippen molar-refractivity contribution in [2.24, 2.45) is 5.14 Å². The Kier molecular flexibility index (Phi) is 4.31. The summed E-state index contributed by atoms with van der Waals surface area (Å²) in [6.07, 6.45) is 0. The molecule has 8 heteroatoms. The third kappa shape index (κ3) is 3.60. The summed E-state index contributed by atoms with van der Waals surface area (Å²) in [4.78, 5) is 11.5.